The topological polar surface area (TPSA) is 78.4 Å². The second-order valence-electron chi connectivity index (χ2n) is 7.56. The van der Waals surface area contributed by atoms with Gasteiger partial charge in [-0.25, -0.2) is 4.79 Å². The highest BCUT2D eigenvalue weighted by atomic mass is 16.4. The molecule has 0 aromatic heterocycles. The zero-order chi connectivity index (χ0) is 16.0. The van der Waals surface area contributed by atoms with Crippen LogP contribution in [0.5, 0.6) is 0 Å². The minimum Gasteiger partial charge on any atom is -0.481 e. The number of carboxylic acids is 1. The number of urea groups is 1. The van der Waals surface area contributed by atoms with E-state index in [0.29, 0.717) is 24.8 Å². The number of carbonyl (C=O) groups excluding carboxylic acids is 1. The predicted molar refractivity (Wildman–Crippen MR) is 83.1 cm³/mol. The zero-order valence-electron chi connectivity index (χ0n) is 13.7. The molecule has 3 unspecified atom stereocenters. The van der Waals surface area contributed by atoms with E-state index in [4.69, 9.17) is 0 Å². The number of hydrogen-bond acceptors (Lipinski definition) is 2. The van der Waals surface area contributed by atoms with E-state index in [1.807, 2.05) is 20.8 Å². The van der Waals surface area contributed by atoms with E-state index in [1.54, 1.807) is 0 Å². The lowest BCUT2D eigenvalue weighted by Crippen LogP contribution is -2.42. The molecule has 0 aliphatic heterocycles. The molecular weight excluding hydrogens is 268 g/mol. The van der Waals surface area contributed by atoms with Crippen molar-refractivity contribution in [1.82, 2.24) is 10.6 Å². The molecule has 2 amide bonds. The van der Waals surface area contributed by atoms with Crippen molar-refractivity contribution in [3.8, 4) is 0 Å². The lowest BCUT2D eigenvalue weighted by molar-refractivity contribution is -0.142. The highest BCUT2D eigenvalue weighted by molar-refractivity contribution is 5.75. The van der Waals surface area contributed by atoms with Gasteiger partial charge in [-0.2, -0.15) is 0 Å². The molecule has 122 valence electrons. The predicted octanol–water partition coefficient (Wildman–Crippen LogP) is 2.86. The van der Waals surface area contributed by atoms with Crippen LogP contribution in [-0.4, -0.2) is 30.2 Å². The summed E-state index contributed by atoms with van der Waals surface area (Å²) >= 11 is 0. The Bertz CT molecular complexity index is 363. The van der Waals surface area contributed by atoms with Crippen molar-refractivity contribution < 1.29 is 14.7 Å². The fraction of sp³-hybridized carbons (Fsp3) is 0.875. The summed E-state index contributed by atoms with van der Waals surface area (Å²) in [5.74, 6) is -0.172. The Balaban J connectivity index is 2.31. The summed E-state index contributed by atoms with van der Waals surface area (Å²) in [6.45, 7) is 9.10. The molecule has 21 heavy (non-hydrogen) atoms. The van der Waals surface area contributed by atoms with Crippen molar-refractivity contribution in [2.75, 3.05) is 13.1 Å². The van der Waals surface area contributed by atoms with Gasteiger partial charge < -0.3 is 15.7 Å². The second-order valence-corrected chi connectivity index (χ2v) is 7.56. The van der Waals surface area contributed by atoms with E-state index >= 15 is 0 Å². The summed E-state index contributed by atoms with van der Waals surface area (Å²) in [4.78, 5) is 23.0. The first-order valence-corrected chi connectivity index (χ1v) is 7.93. The van der Waals surface area contributed by atoms with Crippen LogP contribution in [0.1, 0.15) is 53.4 Å². The van der Waals surface area contributed by atoms with Crippen LogP contribution in [0.2, 0.25) is 0 Å². The van der Waals surface area contributed by atoms with E-state index in [2.05, 4.69) is 17.6 Å². The summed E-state index contributed by atoms with van der Waals surface area (Å²) in [6, 6.07) is -0.255. The van der Waals surface area contributed by atoms with Gasteiger partial charge in [0.05, 0.1) is 5.92 Å². The maximum atomic E-state index is 11.8. The second kappa shape index (κ2) is 7.66. The van der Waals surface area contributed by atoms with Gasteiger partial charge in [-0.1, -0.05) is 40.5 Å². The molecule has 1 rings (SSSR count). The van der Waals surface area contributed by atoms with Gasteiger partial charge in [-0.3, -0.25) is 4.79 Å². The molecule has 1 fully saturated rings. The van der Waals surface area contributed by atoms with Crippen LogP contribution >= 0.6 is 0 Å². The van der Waals surface area contributed by atoms with Crippen molar-refractivity contribution in [3.05, 3.63) is 0 Å². The molecular formula is C16H30N2O3. The Kier molecular flexibility index (Phi) is 6.49. The number of rotatable bonds is 6. The Morgan fingerprint density at radius 1 is 1.24 bits per heavy atom. The molecule has 0 heterocycles. The average Bonchev–Trinajstić information content (AvgIpc) is 2.76. The molecule has 1 aliphatic carbocycles. The van der Waals surface area contributed by atoms with Crippen molar-refractivity contribution in [2.45, 2.75) is 53.4 Å². The largest absolute Gasteiger partial charge is 0.481 e. The van der Waals surface area contributed by atoms with Crippen LogP contribution in [-0.2, 0) is 4.79 Å². The van der Waals surface area contributed by atoms with E-state index in [-0.39, 0.29) is 18.0 Å². The van der Waals surface area contributed by atoms with Gasteiger partial charge in [0, 0.05) is 13.1 Å². The minimum absolute atomic E-state index is 0.0690. The van der Waals surface area contributed by atoms with E-state index in [0.717, 1.165) is 0 Å². The SMILES string of the molecule is CC1CCCC1CNC(=O)NCC(CC(C)(C)C)C(=O)O. The number of hydrogen-bond donors (Lipinski definition) is 3. The normalized spacial score (nSPS) is 23.6. The smallest absolute Gasteiger partial charge is 0.314 e. The first kappa shape index (κ1) is 17.8. The van der Waals surface area contributed by atoms with Crippen LogP contribution in [0.15, 0.2) is 0 Å². The Labute approximate surface area is 127 Å². The van der Waals surface area contributed by atoms with Crippen molar-refractivity contribution in [3.63, 3.8) is 0 Å². The molecule has 1 saturated carbocycles. The molecule has 3 atom stereocenters. The molecule has 3 N–H and O–H groups in total. The monoisotopic (exact) mass is 298 g/mol. The fourth-order valence-electron chi connectivity index (χ4n) is 3.01. The minimum atomic E-state index is -0.852. The summed E-state index contributed by atoms with van der Waals surface area (Å²) in [5.41, 5.74) is -0.0690. The molecule has 0 bridgehead atoms. The van der Waals surface area contributed by atoms with E-state index in [1.165, 1.54) is 19.3 Å². The molecule has 1 aliphatic rings. The molecule has 5 nitrogen and oxygen atoms in total. The first-order chi connectivity index (χ1) is 9.69. The Hall–Kier alpha value is -1.26. The molecule has 0 spiro atoms. The van der Waals surface area contributed by atoms with Crippen molar-refractivity contribution >= 4 is 12.0 Å². The Morgan fingerprint density at radius 2 is 1.90 bits per heavy atom. The van der Waals surface area contributed by atoms with Crippen LogP contribution in [0.4, 0.5) is 4.79 Å². The summed E-state index contributed by atoms with van der Waals surface area (Å²) in [6.07, 6.45) is 4.19. The fourth-order valence-corrected chi connectivity index (χ4v) is 3.01. The summed E-state index contributed by atoms with van der Waals surface area (Å²) in [5, 5.41) is 14.8. The van der Waals surface area contributed by atoms with Gasteiger partial charge >= 0.3 is 12.0 Å². The molecule has 0 saturated heterocycles. The van der Waals surface area contributed by atoms with Crippen LogP contribution in [0.3, 0.4) is 0 Å². The standard InChI is InChI=1S/C16H30N2O3/c1-11-6-5-7-12(11)9-17-15(21)18-10-13(14(19)20)8-16(2,3)4/h11-13H,5-10H2,1-4H3,(H,19,20)(H2,17,18,21). The van der Waals surface area contributed by atoms with Crippen molar-refractivity contribution in [1.29, 1.82) is 0 Å². The molecule has 5 heteroatoms. The number of amides is 2. The van der Waals surface area contributed by atoms with Gasteiger partial charge in [0.2, 0.25) is 0 Å². The molecule has 0 radical (unpaired) electrons. The maximum absolute atomic E-state index is 11.8. The summed E-state index contributed by atoms with van der Waals surface area (Å²) in [7, 11) is 0. The van der Waals surface area contributed by atoms with E-state index in [9.17, 15) is 14.7 Å². The highest BCUT2D eigenvalue weighted by Gasteiger charge is 2.26. The lowest BCUT2D eigenvalue weighted by Gasteiger charge is -2.23. The quantitative estimate of drug-likeness (QED) is 0.705. The van der Waals surface area contributed by atoms with Crippen molar-refractivity contribution in [2.24, 2.45) is 23.2 Å². The number of aliphatic carboxylic acids is 1. The van der Waals surface area contributed by atoms with Gasteiger partial charge in [-0.15, -0.1) is 0 Å². The third-order valence-electron chi connectivity index (χ3n) is 4.28. The molecule has 0 aromatic rings. The number of carboxylic acid groups (broad SMARTS) is 1. The summed E-state index contributed by atoms with van der Waals surface area (Å²) < 4.78 is 0. The van der Waals surface area contributed by atoms with Crippen LogP contribution in [0, 0.1) is 23.2 Å². The van der Waals surface area contributed by atoms with Gasteiger partial charge in [0.15, 0.2) is 0 Å². The average molecular weight is 298 g/mol. The maximum Gasteiger partial charge on any atom is 0.314 e. The van der Waals surface area contributed by atoms with Gasteiger partial charge in [-0.05, 0) is 30.1 Å². The molecule has 0 aromatic carbocycles. The third kappa shape index (κ3) is 6.82. The van der Waals surface area contributed by atoms with Crippen LogP contribution < -0.4 is 10.6 Å². The number of carbonyl (C=O) groups is 2. The zero-order valence-corrected chi connectivity index (χ0v) is 13.7. The Morgan fingerprint density at radius 3 is 2.38 bits per heavy atom. The van der Waals surface area contributed by atoms with Gasteiger partial charge in [0.1, 0.15) is 0 Å². The lowest BCUT2D eigenvalue weighted by atomic mass is 9.84. The first-order valence-electron chi connectivity index (χ1n) is 7.93. The number of nitrogens with one attached hydrogen (secondary N) is 2. The van der Waals surface area contributed by atoms with Gasteiger partial charge in [0.25, 0.3) is 0 Å². The third-order valence-corrected chi connectivity index (χ3v) is 4.28. The van der Waals surface area contributed by atoms with E-state index < -0.39 is 11.9 Å². The highest BCUT2D eigenvalue weighted by Crippen LogP contribution is 2.30. The van der Waals surface area contributed by atoms with Crippen LogP contribution in [0.25, 0.3) is 0 Å².